The molecule has 3 aliphatic rings. The maximum Gasteiger partial charge on any atom is 0.287 e. The fraction of sp³-hybridized carbons (Fsp3) is 0.500. The number of methoxy groups -OCH3 is 1. The van der Waals surface area contributed by atoms with Crippen LogP contribution in [0.5, 0.6) is 5.88 Å². The molecule has 11 heteroatoms. The van der Waals surface area contributed by atoms with E-state index in [-0.39, 0.29) is 17.7 Å². The topological polar surface area (TPSA) is 139 Å². The second kappa shape index (κ2) is 14.2. The van der Waals surface area contributed by atoms with E-state index in [4.69, 9.17) is 9.47 Å². The summed E-state index contributed by atoms with van der Waals surface area (Å²) in [6.07, 6.45) is 6.24. The Morgan fingerprint density at radius 1 is 1.05 bits per heavy atom. The van der Waals surface area contributed by atoms with E-state index in [1.165, 1.54) is 7.05 Å². The first kappa shape index (κ1) is 30.1. The van der Waals surface area contributed by atoms with Gasteiger partial charge in [0.05, 0.1) is 42.1 Å². The highest BCUT2D eigenvalue weighted by molar-refractivity contribution is 6.36. The predicted octanol–water partition coefficient (Wildman–Crippen LogP) is 2.51. The summed E-state index contributed by atoms with van der Waals surface area (Å²) in [7, 11) is 4.79. The number of nitrogens with zero attached hydrogens (tertiary/aromatic N) is 3. The number of para-hydroxylation sites is 1. The monoisotopic (exact) mass is 564 g/mol. The van der Waals surface area contributed by atoms with Gasteiger partial charge in [0.1, 0.15) is 5.82 Å². The first-order valence-electron chi connectivity index (χ1n) is 14.1. The number of ketones is 1. The molecule has 2 aromatic heterocycles. The molecular weight excluding hydrogens is 524 g/mol. The lowest BCUT2D eigenvalue weighted by Crippen LogP contribution is -2.54. The average molecular weight is 565 g/mol. The number of aromatic amines is 1. The number of amides is 2. The van der Waals surface area contributed by atoms with Crippen LogP contribution in [0.15, 0.2) is 36.5 Å². The van der Waals surface area contributed by atoms with Crippen LogP contribution in [0.25, 0.3) is 22.2 Å². The van der Waals surface area contributed by atoms with E-state index in [1.807, 2.05) is 30.3 Å². The summed E-state index contributed by atoms with van der Waals surface area (Å²) in [5.41, 5.74) is 2.55. The number of rotatable bonds is 11. The summed E-state index contributed by atoms with van der Waals surface area (Å²) in [5.74, 6) is 0.603. The van der Waals surface area contributed by atoms with E-state index >= 15 is 0 Å². The van der Waals surface area contributed by atoms with Crippen molar-refractivity contribution in [3.8, 4) is 17.1 Å². The average Bonchev–Trinajstić information content (AvgIpc) is 3.51. The minimum Gasteiger partial charge on any atom is -0.480 e. The number of benzene rings is 1. The number of carbonyl (C=O) groups is 3. The second-order valence-corrected chi connectivity index (χ2v) is 10.4. The number of piperidine rings is 3. The molecule has 0 unspecified atom stereocenters. The van der Waals surface area contributed by atoms with Gasteiger partial charge in [-0.25, -0.2) is 9.97 Å². The van der Waals surface area contributed by atoms with Crippen LogP contribution in [0.3, 0.4) is 0 Å². The maximum atomic E-state index is 11.6. The SMILES string of the molecule is CNC(=O)C(=O)CCCOCCc1ncc(-c2cc3ccccc3nc2OC)[nH]1.CNC(=O)C12CCN(CC1)CC2. The van der Waals surface area contributed by atoms with Crippen molar-refractivity contribution >= 4 is 28.5 Å². The lowest BCUT2D eigenvalue weighted by atomic mass is 9.71. The van der Waals surface area contributed by atoms with Crippen LogP contribution in [0, 0.1) is 5.41 Å². The summed E-state index contributed by atoms with van der Waals surface area (Å²) in [6, 6.07) is 9.89. The van der Waals surface area contributed by atoms with Crippen molar-refractivity contribution in [1.82, 2.24) is 30.5 Å². The molecule has 0 saturated carbocycles. The molecule has 220 valence electrons. The highest BCUT2D eigenvalue weighted by Crippen LogP contribution is 2.40. The molecule has 0 radical (unpaired) electrons. The zero-order chi connectivity index (χ0) is 29.2. The van der Waals surface area contributed by atoms with Gasteiger partial charge in [-0.2, -0.15) is 0 Å². The highest BCUT2D eigenvalue weighted by Gasteiger charge is 2.44. The van der Waals surface area contributed by atoms with Crippen LogP contribution in [-0.2, 0) is 25.5 Å². The summed E-state index contributed by atoms with van der Waals surface area (Å²) in [4.78, 5) is 48.8. The van der Waals surface area contributed by atoms with Gasteiger partial charge in [0.25, 0.3) is 5.91 Å². The number of Topliss-reactive ketones (excluding diaryl/α,β-unsaturated/α-hetero) is 1. The lowest BCUT2D eigenvalue weighted by molar-refractivity contribution is -0.137. The van der Waals surface area contributed by atoms with Gasteiger partial charge in [-0.3, -0.25) is 14.4 Å². The predicted molar refractivity (Wildman–Crippen MR) is 155 cm³/mol. The van der Waals surface area contributed by atoms with Crippen molar-refractivity contribution in [2.45, 2.75) is 38.5 Å². The fourth-order valence-corrected chi connectivity index (χ4v) is 5.36. The first-order chi connectivity index (χ1) is 19.9. The van der Waals surface area contributed by atoms with Gasteiger partial charge < -0.3 is 30.0 Å². The van der Waals surface area contributed by atoms with Gasteiger partial charge in [0.2, 0.25) is 17.6 Å². The number of aromatic nitrogens is 3. The summed E-state index contributed by atoms with van der Waals surface area (Å²) < 4.78 is 11.0. The number of ether oxygens (including phenoxy) is 2. The molecule has 11 nitrogen and oxygen atoms in total. The molecule has 3 aromatic rings. The van der Waals surface area contributed by atoms with Crippen molar-refractivity contribution in [3.05, 3.63) is 42.4 Å². The van der Waals surface area contributed by atoms with Crippen LogP contribution < -0.4 is 15.4 Å². The van der Waals surface area contributed by atoms with Crippen LogP contribution in [0.4, 0.5) is 0 Å². The van der Waals surface area contributed by atoms with E-state index in [1.54, 1.807) is 20.4 Å². The molecule has 5 heterocycles. The molecule has 1 aromatic carbocycles. The smallest absolute Gasteiger partial charge is 0.287 e. The zero-order valence-corrected chi connectivity index (χ0v) is 24.1. The van der Waals surface area contributed by atoms with Gasteiger partial charge in [-0.1, -0.05) is 18.2 Å². The Morgan fingerprint density at radius 2 is 1.78 bits per heavy atom. The lowest BCUT2D eigenvalue weighted by Gasteiger charge is -2.46. The van der Waals surface area contributed by atoms with Gasteiger partial charge in [0.15, 0.2) is 0 Å². The molecule has 6 rings (SSSR count). The summed E-state index contributed by atoms with van der Waals surface area (Å²) in [6.45, 7) is 4.24. The number of H-pyrrole nitrogens is 1. The Balaban J connectivity index is 0.000000267. The molecule has 3 aliphatic heterocycles. The molecular formula is C30H40N6O5. The normalized spacial score (nSPS) is 19.2. The molecule has 0 spiro atoms. The van der Waals surface area contributed by atoms with Crippen molar-refractivity contribution in [2.75, 3.05) is 54.1 Å². The van der Waals surface area contributed by atoms with E-state index in [0.717, 1.165) is 66.9 Å². The van der Waals surface area contributed by atoms with Gasteiger partial charge in [0, 0.05) is 38.9 Å². The van der Waals surface area contributed by atoms with Crippen molar-refractivity contribution in [1.29, 1.82) is 0 Å². The van der Waals surface area contributed by atoms with Crippen LogP contribution >= 0.6 is 0 Å². The Hall–Kier alpha value is -3.83. The molecule has 3 N–H and O–H groups in total. The minimum absolute atomic E-state index is 0.00347. The number of nitrogens with one attached hydrogen (secondary N) is 3. The van der Waals surface area contributed by atoms with E-state index in [2.05, 4.69) is 30.5 Å². The maximum absolute atomic E-state index is 11.6. The number of hydrogen-bond acceptors (Lipinski definition) is 8. The molecule has 0 atom stereocenters. The molecule has 2 amide bonds. The van der Waals surface area contributed by atoms with Crippen LogP contribution in [-0.4, -0.2) is 91.5 Å². The molecule has 3 saturated heterocycles. The summed E-state index contributed by atoms with van der Waals surface area (Å²) in [5, 5.41) is 6.13. The molecule has 0 aliphatic carbocycles. The van der Waals surface area contributed by atoms with Gasteiger partial charge in [-0.15, -0.1) is 0 Å². The third-order valence-electron chi connectivity index (χ3n) is 7.89. The quantitative estimate of drug-likeness (QED) is 0.239. The van der Waals surface area contributed by atoms with E-state index < -0.39 is 11.7 Å². The van der Waals surface area contributed by atoms with E-state index in [9.17, 15) is 14.4 Å². The third-order valence-corrected chi connectivity index (χ3v) is 7.89. The number of fused-ring (bicyclic) bond motifs is 4. The Labute approximate surface area is 240 Å². The third kappa shape index (κ3) is 7.47. The van der Waals surface area contributed by atoms with Gasteiger partial charge >= 0.3 is 0 Å². The molecule has 3 fully saturated rings. The Kier molecular flexibility index (Phi) is 10.4. The summed E-state index contributed by atoms with van der Waals surface area (Å²) >= 11 is 0. The Bertz CT molecular complexity index is 1330. The number of pyridine rings is 1. The number of carbonyl (C=O) groups excluding carboxylic acids is 3. The Morgan fingerprint density at radius 3 is 2.46 bits per heavy atom. The number of imidazole rings is 1. The number of likely N-dealkylation sites (N-methyl/N-ethyl adjacent to an activating group) is 1. The van der Waals surface area contributed by atoms with Crippen LogP contribution in [0.2, 0.25) is 0 Å². The standard InChI is InChI=1S/C21H24N4O4.C9H16N2O/c1-22-20(27)18(26)8-5-10-29-11-9-19-23-13-17(24-19)15-12-14-6-3-4-7-16(14)25-21(15)28-2;1-10-8(12)9-2-5-11(6-3-9)7-4-9/h3-4,6-7,12-13H,5,8-11H2,1-2H3,(H,22,27)(H,23,24);2-7H2,1H3,(H,10,12). The van der Waals surface area contributed by atoms with Crippen molar-refractivity contribution in [3.63, 3.8) is 0 Å². The zero-order valence-electron chi connectivity index (χ0n) is 24.1. The van der Waals surface area contributed by atoms with Crippen LogP contribution in [0.1, 0.15) is 37.9 Å². The second-order valence-electron chi connectivity index (χ2n) is 10.4. The van der Waals surface area contributed by atoms with Crippen molar-refractivity contribution < 1.29 is 23.9 Å². The largest absolute Gasteiger partial charge is 0.480 e. The number of hydrogen-bond donors (Lipinski definition) is 3. The molecule has 41 heavy (non-hydrogen) atoms. The van der Waals surface area contributed by atoms with Gasteiger partial charge in [-0.05, 0) is 57.5 Å². The highest BCUT2D eigenvalue weighted by atomic mass is 16.5. The fourth-order valence-electron chi connectivity index (χ4n) is 5.36. The minimum atomic E-state index is -0.563. The van der Waals surface area contributed by atoms with E-state index in [0.29, 0.717) is 31.9 Å². The molecule has 2 bridgehead atoms. The van der Waals surface area contributed by atoms with Crippen molar-refractivity contribution in [2.24, 2.45) is 5.41 Å². The first-order valence-corrected chi connectivity index (χ1v) is 14.1.